The molecule has 0 aliphatic heterocycles. The van der Waals surface area contributed by atoms with Gasteiger partial charge in [-0.2, -0.15) is 13.2 Å². The number of nitrogens with two attached hydrogens (primary N) is 1. The van der Waals surface area contributed by atoms with Crippen LogP contribution in [0.25, 0.3) is 11.2 Å². The van der Waals surface area contributed by atoms with Crippen molar-refractivity contribution < 1.29 is 13.2 Å². The quantitative estimate of drug-likeness (QED) is 0.844. The Balaban J connectivity index is 3.01. The third kappa shape index (κ3) is 2.15. The van der Waals surface area contributed by atoms with E-state index in [0.717, 1.165) is 16.2 Å². The summed E-state index contributed by atoms with van der Waals surface area (Å²) in [6.07, 6.45) is -4.72. The Kier molecular flexibility index (Phi) is 3.44. The minimum Gasteiger partial charge on any atom is -0.328 e. The molecule has 0 spiro atoms. The fraction of sp³-hybridized carbons (Fsp3) is 0.545. The molecule has 1 atom stereocenters. The lowest BCUT2D eigenvalue weighted by Crippen LogP contribution is -2.43. The van der Waals surface area contributed by atoms with E-state index < -0.39 is 29.3 Å². The van der Waals surface area contributed by atoms with E-state index in [1.807, 2.05) is 0 Å². The first-order valence-corrected chi connectivity index (χ1v) is 6.06. The number of hydrogen-bond donors (Lipinski definition) is 1. The molecule has 0 bridgehead atoms. The number of imidazole rings is 1. The van der Waals surface area contributed by atoms with Gasteiger partial charge < -0.3 is 10.3 Å². The molecule has 0 saturated carbocycles. The minimum atomic E-state index is -4.72. The van der Waals surface area contributed by atoms with Gasteiger partial charge in [0.25, 0.3) is 5.56 Å². The van der Waals surface area contributed by atoms with Crippen LogP contribution >= 0.6 is 0 Å². The summed E-state index contributed by atoms with van der Waals surface area (Å²) < 4.78 is 41.0. The molecule has 10 heteroatoms. The normalized spacial score (nSPS) is 13.9. The average molecular weight is 305 g/mol. The van der Waals surface area contributed by atoms with Crippen LogP contribution in [0.15, 0.2) is 9.59 Å². The van der Waals surface area contributed by atoms with Crippen molar-refractivity contribution in [2.75, 3.05) is 6.54 Å². The first-order chi connectivity index (χ1) is 9.61. The number of aryl methyl sites for hydroxylation is 2. The van der Waals surface area contributed by atoms with E-state index in [1.54, 1.807) is 0 Å². The van der Waals surface area contributed by atoms with Crippen LogP contribution < -0.4 is 17.0 Å². The number of fused-ring (bicyclic) bond motifs is 1. The molecule has 21 heavy (non-hydrogen) atoms. The molecule has 0 radical (unpaired) electrons. The van der Waals surface area contributed by atoms with Crippen molar-refractivity contribution in [2.24, 2.45) is 19.8 Å². The molecular formula is C11H14F3N5O2. The topological polar surface area (TPSA) is 87.8 Å². The van der Waals surface area contributed by atoms with Crippen molar-refractivity contribution in [3.63, 3.8) is 0 Å². The highest BCUT2D eigenvalue weighted by Gasteiger charge is 2.38. The van der Waals surface area contributed by atoms with Crippen LogP contribution in [0.4, 0.5) is 13.2 Å². The first-order valence-electron chi connectivity index (χ1n) is 6.06. The largest absolute Gasteiger partial charge is 0.449 e. The molecule has 1 unspecified atom stereocenters. The molecule has 0 aliphatic rings. The highest BCUT2D eigenvalue weighted by Crippen LogP contribution is 2.29. The number of aromatic nitrogens is 4. The Hall–Kier alpha value is -2.10. The van der Waals surface area contributed by atoms with E-state index in [9.17, 15) is 22.8 Å². The van der Waals surface area contributed by atoms with Gasteiger partial charge in [-0.15, -0.1) is 0 Å². The Morgan fingerprint density at radius 1 is 1.24 bits per heavy atom. The zero-order valence-electron chi connectivity index (χ0n) is 11.6. The van der Waals surface area contributed by atoms with Crippen LogP contribution in [0.1, 0.15) is 18.8 Å². The van der Waals surface area contributed by atoms with E-state index >= 15 is 0 Å². The van der Waals surface area contributed by atoms with E-state index in [4.69, 9.17) is 5.73 Å². The second kappa shape index (κ2) is 4.72. The number of nitrogens with zero attached hydrogens (tertiary/aromatic N) is 4. The standard InChI is InChI=1S/C11H14F3N5O2/c1-5(4-15)19-8(20)6-7(18(3)10(19)21)16-9(17(6)2)11(12,13)14/h5H,4,15H2,1-3H3. The molecule has 7 nitrogen and oxygen atoms in total. The zero-order valence-corrected chi connectivity index (χ0v) is 11.6. The Morgan fingerprint density at radius 2 is 1.81 bits per heavy atom. The number of alkyl halides is 3. The SMILES string of the molecule is CC(CN)n1c(=O)c2c(nc(C(F)(F)F)n2C)n(C)c1=O. The second-order valence-electron chi connectivity index (χ2n) is 4.77. The van der Waals surface area contributed by atoms with Gasteiger partial charge in [0.05, 0.1) is 6.04 Å². The van der Waals surface area contributed by atoms with Crippen LogP contribution in [0.2, 0.25) is 0 Å². The smallest absolute Gasteiger partial charge is 0.328 e. The van der Waals surface area contributed by atoms with Gasteiger partial charge in [-0.25, -0.2) is 9.78 Å². The van der Waals surface area contributed by atoms with Crippen molar-refractivity contribution in [1.82, 2.24) is 18.7 Å². The molecular weight excluding hydrogens is 291 g/mol. The Bertz CT molecular complexity index is 814. The Labute approximate surface area is 116 Å². The maximum atomic E-state index is 12.9. The summed E-state index contributed by atoms with van der Waals surface area (Å²) in [6, 6.07) is -0.634. The van der Waals surface area contributed by atoms with E-state index in [1.165, 1.54) is 14.0 Å². The third-order valence-electron chi connectivity index (χ3n) is 3.34. The fourth-order valence-electron chi connectivity index (χ4n) is 2.16. The predicted octanol–water partition coefficient (Wildman–Crippen LogP) is -0.0278. The lowest BCUT2D eigenvalue weighted by atomic mass is 10.3. The summed E-state index contributed by atoms with van der Waals surface area (Å²) in [5.41, 5.74) is 3.26. The summed E-state index contributed by atoms with van der Waals surface area (Å²) in [5.74, 6) is -1.23. The summed E-state index contributed by atoms with van der Waals surface area (Å²) >= 11 is 0. The number of hydrogen-bond acceptors (Lipinski definition) is 4. The molecule has 2 aromatic rings. The van der Waals surface area contributed by atoms with Crippen molar-refractivity contribution in [2.45, 2.75) is 19.1 Å². The molecule has 2 heterocycles. The summed E-state index contributed by atoms with van der Waals surface area (Å²) in [5, 5.41) is 0. The predicted molar refractivity (Wildman–Crippen MR) is 69.0 cm³/mol. The van der Waals surface area contributed by atoms with Gasteiger partial charge in [-0.1, -0.05) is 0 Å². The van der Waals surface area contributed by atoms with Gasteiger partial charge >= 0.3 is 11.9 Å². The molecule has 0 saturated heterocycles. The lowest BCUT2D eigenvalue weighted by Gasteiger charge is -2.13. The molecule has 0 fully saturated rings. The van der Waals surface area contributed by atoms with Gasteiger partial charge in [-0.3, -0.25) is 13.9 Å². The molecule has 116 valence electrons. The summed E-state index contributed by atoms with van der Waals surface area (Å²) in [7, 11) is 2.35. The second-order valence-corrected chi connectivity index (χ2v) is 4.77. The maximum Gasteiger partial charge on any atom is 0.449 e. The van der Waals surface area contributed by atoms with Gasteiger partial charge in [0, 0.05) is 20.6 Å². The third-order valence-corrected chi connectivity index (χ3v) is 3.34. The zero-order chi connectivity index (χ0) is 16.1. The molecule has 0 aromatic carbocycles. The Morgan fingerprint density at radius 3 is 2.29 bits per heavy atom. The monoisotopic (exact) mass is 305 g/mol. The number of rotatable bonds is 2. The minimum absolute atomic E-state index is 0.00460. The van der Waals surface area contributed by atoms with Crippen molar-refractivity contribution >= 4 is 11.2 Å². The molecule has 0 aliphatic carbocycles. The maximum absolute atomic E-state index is 12.9. The summed E-state index contributed by atoms with van der Waals surface area (Å²) in [6.45, 7) is 1.54. The van der Waals surface area contributed by atoms with Gasteiger partial charge in [0.15, 0.2) is 11.2 Å². The van der Waals surface area contributed by atoms with Crippen LogP contribution in [0, 0.1) is 0 Å². The van der Waals surface area contributed by atoms with E-state index in [-0.39, 0.29) is 17.7 Å². The van der Waals surface area contributed by atoms with Crippen molar-refractivity contribution in [1.29, 1.82) is 0 Å². The molecule has 2 aromatic heterocycles. The average Bonchev–Trinajstić information content (AvgIpc) is 2.74. The summed E-state index contributed by atoms with van der Waals surface area (Å²) in [4.78, 5) is 27.8. The fourth-order valence-corrected chi connectivity index (χ4v) is 2.16. The molecule has 2 N–H and O–H groups in total. The van der Waals surface area contributed by atoms with Crippen LogP contribution in [-0.2, 0) is 20.3 Å². The van der Waals surface area contributed by atoms with Crippen LogP contribution in [-0.4, -0.2) is 25.2 Å². The van der Waals surface area contributed by atoms with Crippen molar-refractivity contribution in [3.05, 3.63) is 26.7 Å². The molecule has 2 rings (SSSR count). The van der Waals surface area contributed by atoms with Crippen LogP contribution in [0.3, 0.4) is 0 Å². The highest BCUT2D eigenvalue weighted by atomic mass is 19.4. The van der Waals surface area contributed by atoms with Crippen molar-refractivity contribution in [3.8, 4) is 0 Å². The molecule has 0 amide bonds. The van der Waals surface area contributed by atoms with Crippen LogP contribution in [0.5, 0.6) is 0 Å². The van der Waals surface area contributed by atoms with Gasteiger partial charge in [0.2, 0.25) is 5.82 Å². The van der Waals surface area contributed by atoms with Gasteiger partial charge in [0.1, 0.15) is 0 Å². The van der Waals surface area contributed by atoms with E-state index in [0.29, 0.717) is 4.57 Å². The number of halogens is 3. The highest BCUT2D eigenvalue weighted by molar-refractivity contribution is 5.71. The van der Waals surface area contributed by atoms with E-state index in [2.05, 4.69) is 4.98 Å². The van der Waals surface area contributed by atoms with Gasteiger partial charge in [-0.05, 0) is 6.92 Å². The lowest BCUT2D eigenvalue weighted by molar-refractivity contribution is -0.146. The first kappa shape index (κ1) is 15.3.